The van der Waals surface area contributed by atoms with E-state index in [4.69, 9.17) is 17.3 Å². The van der Waals surface area contributed by atoms with Gasteiger partial charge in [0.2, 0.25) is 0 Å². The van der Waals surface area contributed by atoms with E-state index in [9.17, 15) is 0 Å². The number of benzene rings is 1. The molecule has 3 heteroatoms. The lowest BCUT2D eigenvalue weighted by Crippen LogP contribution is -2.16. The lowest BCUT2D eigenvalue weighted by Gasteiger charge is -2.14. The van der Waals surface area contributed by atoms with Crippen LogP contribution in [0.5, 0.6) is 0 Å². The zero-order valence-corrected chi connectivity index (χ0v) is 10.6. The van der Waals surface area contributed by atoms with Crippen molar-refractivity contribution in [3.05, 3.63) is 35.0 Å². The highest BCUT2D eigenvalue weighted by molar-refractivity contribution is 6.31. The summed E-state index contributed by atoms with van der Waals surface area (Å²) in [6, 6.07) is 6.02. The number of fused-ring (bicyclic) bond motifs is 1. The Morgan fingerprint density at radius 2 is 2.00 bits per heavy atom. The second kappa shape index (κ2) is 4.11. The first kappa shape index (κ1) is 11.5. The van der Waals surface area contributed by atoms with Gasteiger partial charge in [-0.25, -0.2) is 0 Å². The minimum absolute atomic E-state index is 0.0740. The van der Waals surface area contributed by atoms with E-state index in [-0.39, 0.29) is 6.04 Å². The first-order valence-electron chi connectivity index (χ1n) is 5.50. The smallest absolute Gasteiger partial charge is 0.0496 e. The minimum Gasteiger partial charge on any atom is -0.350 e. The second-order valence-corrected chi connectivity index (χ2v) is 5.06. The van der Waals surface area contributed by atoms with Gasteiger partial charge < -0.3 is 10.3 Å². The molecule has 0 aliphatic rings. The lowest BCUT2D eigenvalue weighted by molar-refractivity contribution is 0.516. The van der Waals surface area contributed by atoms with Gasteiger partial charge in [-0.05, 0) is 23.6 Å². The number of hydrogen-bond acceptors (Lipinski definition) is 1. The van der Waals surface area contributed by atoms with Gasteiger partial charge in [-0.2, -0.15) is 0 Å². The van der Waals surface area contributed by atoms with Gasteiger partial charge in [0.05, 0.1) is 0 Å². The number of aromatic nitrogens is 1. The van der Waals surface area contributed by atoms with Gasteiger partial charge in [-0.15, -0.1) is 0 Å². The molecule has 0 saturated heterocycles. The molecule has 0 aliphatic carbocycles. The zero-order chi connectivity index (χ0) is 11.9. The van der Waals surface area contributed by atoms with Crippen molar-refractivity contribution in [1.82, 2.24) is 4.57 Å². The maximum atomic E-state index is 6.21. The monoisotopic (exact) mass is 236 g/mol. The molecule has 1 aromatic carbocycles. The van der Waals surface area contributed by atoms with Crippen molar-refractivity contribution < 1.29 is 0 Å². The zero-order valence-electron chi connectivity index (χ0n) is 9.87. The molecule has 0 saturated carbocycles. The van der Waals surface area contributed by atoms with Gasteiger partial charge >= 0.3 is 0 Å². The number of nitrogens with two attached hydrogens (primary N) is 1. The third-order valence-electron chi connectivity index (χ3n) is 3.06. The molecule has 1 unspecified atom stereocenters. The minimum atomic E-state index is 0.0740. The highest BCUT2D eigenvalue weighted by Gasteiger charge is 2.16. The van der Waals surface area contributed by atoms with Crippen molar-refractivity contribution in [3.8, 4) is 0 Å². The fourth-order valence-electron chi connectivity index (χ4n) is 2.01. The molecule has 0 fully saturated rings. The Morgan fingerprint density at radius 3 is 2.62 bits per heavy atom. The maximum absolute atomic E-state index is 6.21. The van der Waals surface area contributed by atoms with Crippen molar-refractivity contribution in [2.45, 2.75) is 19.9 Å². The summed E-state index contributed by atoms with van der Waals surface area (Å²) in [5, 5.41) is 1.96. The summed E-state index contributed by atoms with van der Waals surface area (Å²) in [4.78, 5) is 0. The number of rotatable bonds is 2. The average molecular weight is 237 g/mol. The molecular formula is C13H17ClN2. The van der Waals surface area contributed by atoms with Gasteiger partial charge in [0, 0.05) is 35.2 Å². The van der Waals surface area contributed by atoms with E-state index in [1.165, 1.54) is 10.9 Å². The molecule has 1 aromatic heterocycles. The molecule has 0 amide bonds. The van der Waals surface area contributed by atoms with Crippen molar-refractivity contribution >= 4 is 22.5 Å². The van der Waals surface area contributed by atoms with Crippen molar-refractivity contribution in [2.75, 3.05) is 0 Å². The molecule has 16 heavy (non-hydrogen) atoms. The van der Waals surface area contributed by atoms with Gasteiger partial charge in [-0.1, -0.05) is 31.5 Å². The summed E-state index contributed by atoms with van der Waals surface area (Å²) in [6.45, 7) is 4.28. The molecule has 2 rings (SSSR count). The van der Waals surface area contributed by atoms with E-state index in [2.05, 4.69) is 30.7 Å². The van der Waals surface area contributed by atoms with Crippen LogP contribution >= 0.6 is 11.6 Å². The van der Waals surface area contributed by atoms with Gasteiger partial charge in [0.1, 0.15) is 0 Å². The number of halogens is 1. The van der Waals surface area contributed by atoms with Crippen LogP contribution in [0.3, 0.4) is 0 Å². The van der Waals surface area contributed by atoms with Crippen LogP contribution in [-0.2, 0) is 7.05 Å². The maximum Gasteiger partial charge on any atom is 0.0496 e. The summed E-state index contributed by atoms with van der Waals surface area (Å²) in [5.41, 5.74) is 8.54. The van der Waals surface area contributed by atoms with E-state index in [1.54, 1.807) is 0 Å². The average Bonchev–Trinajstić information content (AvgIpc) is 2.55. The largest absolute Gasteiger partial charge is 0.350 e. The molecule has 2 N–H and O–H groups in total. The Hall–Kier alpha value is -0.990. The Bertz CT molecular complexity index is 514. The van der Waals surface area contributed by atoms with Gasteiger partial charge in [0.25, 0.3) is 0 Å². The first-order chi connectivity index (χ1) is 7.50. The lowest BCUT2D eigenvalue weighted by atomic mass is 9.97. The van der Waals surface area contributed by atoms with Crippen LogP contribution in [0.2, 0.25) is 5.02 Å². The number of nitrogens with zero attached hydrogens (tertiary/aromatic N) is 1. The highest BCUT2D eigenvalue weighted by Crippen LogP contribution is 2.30. The molecule has 1 atom stereocenters. The van der Waals surface area contributed by atoms with E-state index in [0.29, 0.717) is 5.92 Å². The van der Waals surface area contributed by atoms with Crippen molar-refractivity contribution in [1.29, 1.82) is 0 Å². The number of aryl methyl sites for hydroxylation is 1. The standard InChI is InChI=1S/C13H17ClN2/c1-8(2)13(15)11-7-16(3)12-6-9(14)4-5-10(11)12/h4-8,13H,15H2,1-3H3. The molecule has 86 valence electrons. The van der Waals surface area contributed by atoms with Crippen LogP contribution in [0.15, 0.2) is 24.4 Å². The van der Waals surface area contributed by atoms with E-state index in [1.807, 2.05) is 19.2 Å². The summed E-state index contributed by atoms with van der Waals surface area (Å²) in [7, 11) is 2.02. The van der Waals surface area contributed by atoms with E-state index < -0.39 is 0 Å². The number of hydrogen-bond donors (Lipinski definition) is 1. The Kier molecular flexibility index (Phi) is 2.96. The summed E-state index contributed by atoms with van der Waals surface area (Å²) in [6.07, 6.45) is 2.10. The van der Waals surface area contributed by atoms with Crippen molar-refractivity contribution in [3.63, 3.8) is 0 Å². The molecule has 1 heterocycles. The van der Waals surface area contributed by atoms with Crippen LogP contribution in [0.1, 0.15) is 25.5 Å². The fourth-order valence-corrected chi connectivity index (χ4v) is 2.18. The van der Waals surface area contributed by atoms with Gasteiger partial charge in [-0.3, -0.25) is 0 Å². The predicted octanol–water partition coefficient (Wildman–Crippen LogP) is 3.49. The second-order valence-electron chi connectivity index (χ2n) is 4.63. The molecular weight excluding hydrogens is 220 g/mol. The van der Waals surface area contributed by atoms with Crippen LogP contribution in [-0.4, -0.2) is 4.57 Å². The van der Waals surface area contributed by atoms with E-state index >= 15 is 0 Å². The normalized spacial score (nSPS) is 13.6. The quantitative estimate of drug-likeness (QED) is 0.850. The molecule has 2 aromatic rings. The Labute approximate surface area is 101 Å². The predicted molar refractivity (Wildman–Crippen MR) is 69.7 cm³/mol. The fraction of sp³-hybridized carbons (Fsp3) is 0.385. The van der Waals surface area contributed by atoms with Crippen molar-refractivity contribution in [2.24, 2.45) is 18.7 Å². The summed E-state index contributed by atoms with van der Waals surface area (Å²) in [5.74, 6) is 0.432. The molecule has 0 aliphatic heterocycles. The van der Waals surface area contributed by atoms with Crippen LogP contribution in [0, 0.1) is 5.92 Å². The first-order valence-corrected chi connectivity index (χ1v) is 5.88. The SMILES string of the molecule is CC(C)C(N)c1cn(C)c2cc(Cl)ccc12. The third kappa shape index (κ3) is 1.83. The van der Waals surface area contributed by atoms with Crippen LogP contribution in [0.4, 0.5) is 0 Å². The van der Waals surface area contributed by atoms with E-state index in [0.717, 1.165) is 10.5 Å². The van der Waals surface area contributed by atoms with Gasteiger partial charge in [0.15, 0.2) is 0 Å². The summed E-state index contributed by atoms with van der Waals surface area (Å²) < 4.78 is 2.08. The molecule has 0 spiro atoms. The highest BCUT2D eigenvalue weighted by atomic mass is 35.5. The Morgan fingerprint density at radius 1 is 1.31 bits per heavy atom. The molecule has 0 bridgehead atoms. The Balaban J connectivity index is 2.64. The molecule has 2 nitrogen and oxygen atoms in total. The molecule has 0 radical (unpaired) electrons. The third-order valence-corrected chi connectivity index (χ3v) is 3.30. The van der Waals surface area contributed by atoms with Crippen LogP contribution < -0.4 is 5.73 Å². The van der Waals surface area contributed by atoms with Crippen LogP contribution in [0.25, 0.3) is 10.9 Å². The topological polar surface area (TPSA) is 30.9 Å². The summed E-state index contributed by atoms with van der Waals surface area (Å²) >= 11 is 6.00.